The topological polar surface area (TPSA) is 92.3 Å². The third-order valence-corrected chi connectivity index (χ3v) is 7.15. The largest absolute Gasteiger partial charge is 0.240 e. The Labute approximate surface area is 154 Å². The maximum Gasteiger partial charge on any atom is 0.240 e. The second kappa shape index (κ2) is 7.48. The quantitative estimate of drug-likeness (QED) is 0.716. The second-order valence-corrected chi connectivity index (χ2v) is 9.98. The Bertz CT molecular complexity index is 980. The van der Waals surface area contributed by atoms with E-state index in [9.17, 15) is 16.8 Å². The molecule has 2 aromatic carbocycles. The summed E-state index contributed by atoms with van der Waals surface area (Å²) >= 11 is 0. The van der Waals surface area contributed by atoms with E-state index in [4.69, 9.17) is 0 Å². The van der Waals surface area contributed by atoms with Gasteiger partial charge in [-0.15, -0.1) is 0 Å². The maximum absolute atomic E-state index is 12.4. The van der Waals surface area contributed by atoms with Gasteiger partial charge in [-0.3, -0.25) is 0 Å². The van der Waals surface area contributed by atoms with Gasteiger partial charge in [0, 0.05) is 12.6 Å². The fourth-order valence-electron chi connectivity index (χ4n) is 2.57. The zero-order valence-corrected chi connectivity index (χ0v) is 16.1. The van der Waals surface area contributed by atoms with E-state index in [1.165, 1.54) is 24.3 Å². The minimum Gasteiger partial charge on any atom is -0.211 e. The molecule has 1 fully saturated rings. The smallest absolute Gasteiger partial charge is 0.211 e. The summed E-state index contributed by atoms with van der Waals surface area (Å²) < 4.78 is 54.1. The molecule has 6 nitrogen and oxygen atoms in total. The summed E-state index contributed by atoms with van der Waals surface area (Å²) in [7, 11) is -7.26. The molecule has 0 amide bonds. The first-order valence-electron chi connectivity index (χ1n) is 8.44. The zero-order chi connectivity index (χ0) is 18.8. The highest BCUT2D eigenvalue weighted by molar-refractivity contribution is 7.90. The molecule has 1 aliphatic carbocycles. The fraction of sp³-hybridized carbons (Fsp3) is 0.333. The van der Waals surface area contributed by atoms with Crippen LogP contribution in [0.5, 0.6) is 0 Å². The molecule has 0 saturated heterocycles. The van der Waals surface area contributed by atoms with Crippen LogP contribution < -0.4 is 9.44 Å². The van der Waals surface area contributed by atoms with Crippen LogP contribution in [0.3, 0.4) is 0 Å². The summed E-state index contributed by atoms with van der Waals surface area (Å²) in [4.78, 5) is 0.121. The fourth-order valence-corrected chi connectivity index (χ4v) is 4.90. The summed E-state index contributed by atoms with van der Waals surface area (Å²) in [5, 5.41) is 0. The third-order valence-electron chi connectivity index (χ3n) is 4.13. The predicted molar refractivity (Wildman–Crippen MR) is 99.9 cm³/mol. The van der Waals surface area contributed by atoms with Crippen LogP contribution in [-0.2, 0) is 26.5 Å². The highest BCUT2D eigenvalue weighted by Gasteiger charge is 2.28. The van der Waals surface area contributed by atoms with Gasteiger partial charge >= 0.3 is 0 Å². The number of hydrogen-bond donors (Lipinski definition) is 2. The molecular weight excluding hydrogens is 372 g/mol. The van der Waals surface area contributed by atoms with E-state index in [0.717, 1.165) is 24.0 Å². The Balaban J connectivity index is 1.63. The molecule has 0 aliphatic heterocycles. The summed E-state index contributed by atoms with van der Waals surface area (Å²) in [5.74, 6) is 0. The lowest BCUT2D eigenvalue weighted by molar-refractivity contribution is 0.577. The zero-order valence-electron chi connectivity index (χ0n) is 14.5. The SMILES string of the molecule is Cc1cccc(CCNS(=O)(=O)c2ccc(S(=O)(=O)NC3CC3)cc2)c1. The van der Waals surface area contributed by atoms with Crippen molar-refractivity contribution in [2.45, 2.75) is 42.0 Å². The first-order chi connectivity index (χ1) is 12.3. The van der Waals surface area contributed by atoms with Crippen molar-refractivity contribution in [2.24, 2.45) is 0 Å². The lowest BCUT2D eigenvalue weighted by atomic mass is 10.1. The Morgan fingerprint density at radius 3 is 2.12 bits per heavy atom. The molecule has 1 aliphatic rings. The van der Waals surface area contributed by atoms with E-state index in [-0.39, 0.29) is 22.4 Å². The molecule has 0 bridgehead atoms. The van der Waals surface area contributed by atoms with Crippen molar-refractivity contribution in [1.82, 2.24) is 9.44 Å². The van der Waals surface area contributed by atoms with Crippen molar-refractivity contribution in [3.8, 4) is 0 Å². The van der Waals surface area contributed by atoms with Gasteiger partial charge in [-0.2, -0.15) is 0 Å². The standard InChI is InChI=1S/C18H22N2O4S2/c1-14-3-2-4-15(13-14)11-12-19-25(21,22)17-7-9-18(10-8-17)26(23,24)20-16-5-6-16/h2-4,7-10,13,16,19-20H,5-6,11-12H2,1H3. The van der Waals surface area contributed by atoms with Crippen LogP contribution in [0.2, 0.25) is 0 Å². The number of rotatable bonds is 8. The summed E-state index contributed by atoms with van der Waals surface area (Å²) in [6.45, 7) is 2.26. The minimum atomic E-state index is -3.68. The maximum atomic E-state index is 12.4. The average Bonchev–Trinajstić information content (AvgIpc) is 3.38. The van der Waals surface area contributed by atoms with E-state index in [1.807, 2.05) is 31.2 Å². The molecule has 3 rings (SSSR count). The first-order valence-corrected chi connectivity index (χ1v) is 11.4. The van der Waals surface area contributed by atoms with Gasteiger partial charge in [-0.1, -0.05) is 29.8 Å². The molecule has 0 spiro atoms. The van der Waals surface area contributed by atoms with Crippen molar-refractivity contribution < 1.29 is 16.8 Å². The highest BCUT2D eigenvalue weighted by atomic mass is 32.2. The molecule has 140 valence electrons. The van der Waals surface area contributed by atoms with Crippen LogP contribution >= 0.6 is 0 Å². The normalized spacial score (nSPS) is 15.1. The second-order valence-electron chi connectivity index (χ2n) is 6.50. The molecule has 8 heteroatoms. The number of nitrogens with one attached hydrogen (secondary N) is 2. The molecule has 26 heavy (non-hydrogen) atoms. The number of sulfonamides is 2. The van der Waals surface area contributed by atoms with Crippen LogP contribution in [0.1, 0.15) is 24.0 Å². The van der Waals surface area contributed by atoms with Crippen molar-refractivity contribution in [3.63, 3.8) is 0 Å². The van der Waals surface area contributed by atoms with Crippen molar-refractivity contribution in [3.05, 3.63) is 59.7 Å². The molecular formula is C18H22N2O4S2. The molecule has 2 aromatic rings. The number of aryl methyl sites for hydroxylation is 1. The van der Waals surface area contributed by atoms with Gasteiger partial charge in [-0.25, -0.2) is 26.3 Å². The number of benzene rings is 2. The molecule has 0 radical (unpaired) electrons. The van der Waals surface area contributed by atoms with Gasteiger partial charge in [0.1, 0.15) is 0 Å². The van der Waals surface area contributed by atoms with Gasteiger partial charge in [0.05, 0.1) is 9.79 Å². The van der Waals surface area contributed by atoms with Gasteiger partial charge in [0.15, 0.2) is 0 Å². The number of hydrogen-bond acceptors (Lipinski definition) is 4. The van der Waals surface area contributed by atoms with Crippen molar-refractivity contribution in [1.29, 1.82) is 0 Å². The summed E-state index contributed by atoms with van der Waals surface area (Å²) in [6.07, 6.45) is 2.27. The average molecular weight is 395 g/mol. The van der Waals surface area contributed by atoms with Crippen LogP contribution in [-0.4, -0.2) is 29.4 Å². The van der Waals surface area contributed by atoms with Crippen molar-refractivity contribution in [2.75, 3.05) is 6.54 Å². The van der Waals surface area contributed by atoms with E-state index in [1.54, 1.807) is 0 Å². The van der Waals surface area contributed by atoms with Crippen LogP contribution in [0.15, 0.2) is 58.3 Å². The first kappa shape index (κ1) is 19.0. The highest BCUT2D eigenvalue weighted by Crippen LogP contribution is 2.22. The Morgan fingerprint density at radius 2 is 1.54 bits per heavy atom. The summed E-state index contributed by atoms with van der Waals surface area (Å²) in [6, 6.07) is 13.2. The Hall–Kier alpha value is -1.74. The van der Waals surface area contributed by atoms with Gasteiger partial charge < -0.3 is 0 Å². The molecule has 0 unspecified atom stereocenters. The molecule has 1 saturated carbocycles. The van der Waals surface area contributed by atoms with Crippen LogP contribution in [0, 0.1) is 6.92 Å². The van der Waals surface area contributed by atoms with Crippen LogP contribution in [0.25, 0.3) is 0 Å². The molecule has 0 aromatic heterocycles. The van der Waals surface area contributed by atoms with Crippen molar-refractivity contribution >= 4 is 20.0 Å². The van der Waals surface area contributed by atoms with E-state index in [0.29, 0.717) is 6.42 Å². The third kappa shape index (κ3) is 4.91. The van der Waals surface area contributed by atoms with Gasteiger partial charge in [0.25, 0.3) is 0 Å². The lowest BCUT2D eigenvalue weighted by Gasteiger charge is -2.09. The molecule has 0 heterocycles. The van der Waals surface area contributed by atoms with E-state index in [2.05, 4.69) is 9.44 Å². The Kier molecular flexibility index (Phi) is 5.47. The predicted octanol–water partition coefficient (Wildman–Crippen LogP) is 1.96. The van der Waals surface area contributed by atoms with Crippen LogP contribution in [0.4, 0.5) is 0 Å². The monoisotopic (exact) mass is 394 g/mol. The molecule has 0 atom stereocenters. The minimum absolute atomic E-state index is 0.00620. The van der Waals surface area contributed by atoms with Gasteiger partial charge in [-0.05, 0) is 56.0 Å². The Morgan fingerprint density at radius 1 is 0.923 bits per heavy atom. The summed E-state index contributed by atoms with van der Waals surface area (Å²) in [5.41, 5.74) is 2.18. The van der Waals surface area contributed by atoms with E-state index < -0.39 is 20.0 Å². The van der Waals surface area contributed by atoms with Gasteiger partial charge in [0.2, 0.25) is 20.0 Å². The van der Waals surface area contributed by atoms with E-state index >= 15 is 0 Å². The molecule has 2 N–H and O–H groups in total. The lowest BCUT2D eigenvalue weighted by Crippen LogP contribution is -2.27.